The Labute approximate surface area is 152 Å². The summed E-state index contributed by atoms with van der Waals surface area (Å²) < 4.78 is 3.21. The summed E-state index contributed by atoms with van der Waals surface area (Å²) in [7, 11) is 1.97. The van der Waals surface area contributed by atoms with Gasteiger partial charge in [-0.25, -0.2) is 0 Å². The molecule has 4 nitrogen and oxygen atoms in total. The maximum atomic E-state index is 13.0. The molecule has 1 N–H and O–H groups in total. The molecule has 2 heterocycles. The van der Waals surface area contributed by atoms with Crippen molar-refractivity contribution < 1.29 is 4.79 Å². The Hall–Kier alpha value is -1.59. The van der Waals surface area contributed by atoms with Crippen LogP contribution in [0.2, 0.25) is 0 Å². The van der Waals surface area contributed by atoms with Gasteiger partial charge < -0.3 is 14.8 Å². The summed E-state index contributed by atoms with van der Waals surface area (Å²) in [6.07, 6.45) is 1.08. The van der Waals surface area contributed by atoms with Gasteiger partial charge in [0.15, 0.2) is 0 Å². The quantitative estimate of drug-likeness (QED) is 0.867. The molecule has 1 amide bonds. The minimum Gasteiger partial charge on any atom is -0.338 e. The van der Waals surface area contributed by atoms with Crippen LogP contribution in [0.25, 0.3) is 5.69 Å². The van der Waals surface area contributed by atoms with Crippen molar-refractivity contribution >= 4 is 21.8 Å². The molecule has 24 heavy (non-hydrogen) atoms. The average molecular weight is 390 g/mol. The van der Waals surface area contributed by atoms with E-state index in [4.69, 9.17) is 0 Å². The zero-order valence-electron chi connectivity index (χ0n) is 14.5. The predicted molar refractivity (Wildman–Crippen MR) is 101 cm³/mol. The van der Waals surface area contributed by atoms with E-state index in [1.54, 1.807) is 0 Å². The third-order valence-corrected chi connectivity index (χ3v) is 5.34. The first kappa shape index (κ1) is 17.2. The fourth-order valence-electron chi connectivity index (χ4n) is 3.61. The lowest BCUT2D eigenvalue weighted by molar-refractivity contribution is 0.0786. The van der Waals surface area contributed by atoms with Crippen LogP contribution in [-0.2, 0) is 0 Å². The molecular formula is C19H24BrN3O. The lowest BCUT2D eigenvalue weighted by Crippen LogP contribution is -2.30. The minimum atomic E-state index is 0.157. The highest BCUT2D eigenvalue weighted by Crippen LogP contribution is 2.25. The molecule has 0 radical (unpaired) electrons. The normalized spacial score (nSPS) is 17.5. The van der Waals surface area contributed by atoms with Crippen molar-refractivity contribution in [3.8, 4) is 5.69 Å². The first-order valence-corrected chi connectivity index (χ1v) is 9.19. The fraction of sp³-hybridized carbons (Fsp3) is 0.421. The van der Waals surface area contributed by atoms with Crippen LogP contribution in [0.4, 0.5) is 0 Å². The molecule has 1 atom stereocenters. The van der Waals surface area contributed by atoms with Crippen molar-refractivity contribution in [3.63, 3.8) is 0 Å². The predicted octanol–water partition coefficient (Wildman–Crippen LogP) is 3.54. The average Bonchev–Trinajstić information content (AvgIpc) is 3.13. The second-order valence-corrected chi connectivity index (χ2v) is 7.48. The van der Waals surface area contributed by atoms with Crippen molar-refractivity contribution in [1.82, 2.24) is 14.8 Å². The fourth-order valence-corrected chi connectivity index (χ4v) is 3.87. The SMILES string of the molecule is CNCC1CCN(C(=O)c2cc(C)n(-c3ccc(Br)cc3)c2C)C1. The van der Waals surface area contributed by atoms with Gasteiger partial charge in [-0.1, -0.05) is 15.9 Å². The lowest BCUT2D eigenvalue weighted by atomic mass is 10.1. The molecule has 1 aromatic heterocycles. The van der Waals surface area contributed by atoms with Crippen LogP contribution >= 0.6 is 15.9 Å². The minimum absolute atomic E-state index is 0.157. The largest absolute Gasteiger partial charge is 0.338 e. The third kappa shape index (κ3) is 3.28. The van der Waals surface area contributed by atoms with Gasteiger partial charge in [0.05, 0.1) is 5.56 Å². The van der Waals surface area contributed by atoms with Gasteiger partial charge >= 0.3 is 0 Å². The van der Waals surface area contributed by atoms with E-state index in [1.807, 2.05) is 37.1 Å². The van der Waals surface area contributed by atoms with Gasteiger partial charge in [-0.15, -0.1) is 0 Å². The number of nitrogens with one attached hydrogen (secondary N) is 1. The van der Waals surface area contributed by atoms with Crippen LogP contribution in [0.3, 0.4) is 0 Å². The molecule has 1 fully saturated rings. The van der Waals surface area contributed by atoms with Crippen LogP contribution in [0.1, 0.15) is 28.2 Å². The van der Waals surface area contributed by atoms with E-state index in [-0.39, 0.29) is 5.91 Å². The topological polar surface area (TPSA) is 37.3 Å². The number of hydrogen-bond donors (Lipinski definition) is 1. The van der Waals surface area contributed by atoms with Crippen molar-refractivity contribution in [3.05, 3.63) is 51.8 Å². The molecule has 5 heteroatoms. The molecule has 128 valence electrons. The Kier molecular flexibility index (Phi) is 5.11. The number of aryl methyl sites for hydroxylation is 1. The molecule has 1 aliphatic rings. The molecule has 0 bridgehead atoms. The highest BCUT2D eigenvalue weighted by atomic mass is 79.9. The van der Waals surface area contributed by atoms with Crippen LogP contribution in [0.15, 0.2) is 34.8 Å². The Morgan fingerprint density at radius 3 is 2.67 bits per heavy atom. The standard InChI is InChI=1S/C19H24BrN3O/c1-13-10-18(19(24)22-9-8-15(12-22)11-21-3)14(2)23(13)17-6-4-16(20)5-7-17/h4-7,10,15,21H,8-9,11-12H2,1-3H3. The lowest BCUT2D eigenvalue weighted by Gasteiger charge is -2.17. The molecule has 1 saturated heterocycles. The summed E-state index contributed by atoms with van der Waals surface area (Å²) in [4.78, 5) is 14.9. The summed E-state index contributed by atoms with van der Waals surface area (Å²) in [6, 6.07) is 10.2. The number of amides is 1. The molecule has 2 aromatic rings. The van der Waals surface area contributed by atoms with Crippen molar-refractivity contribution in [2.24, 2.45) is 5.92 Å². The van der Waals surface area contributed by atoms with Gasteiger partial charge in [0.2, 0.25) is 0 Å². The van der Waals surface area contributed by atoms with Gasteiger partial charge in [-0.3, -0.25) is 4.79 Å². The van der Waals surface area contributed by atoms with E-state index in [0.29, 0.717) is 5.92 Å². The van der Waals surface area contributed by atoms with Crippen LogP contribution in [0.5, 0.6) is 0 Å². The van der Waals surface area contributed by atoms with Crippen molar-refractivity contribution in [1.29, 1.82) is 0 Å². The molecule has 3 rings (SSSR count). The number of halogens is 1. The number of benzene rings is 1. The van der Waals surface area contributed by atoms with E-state index in [0.717, 1.165) is 53.2 Å². The van der Waals surface area contributed by atoms with E-state index in [1.165, 1.54) is 0 Å². The van der Waals surface area contributed by atoms with E-state index in [9.17, 15) is 4.79 Å². The Morgan fingerprint density at radius 1 is 1.29 bits per heavy atom. The number of likely N-dealkylation sites (tertiary alicyclic amines) is 1. The Balaban J connectivity index is 1.86. The highest BCUT2D eigenvalue weighted by Gasteiger charge is 2.28. The molecule has 1 aliphatic heterocycles. The third-order valence-electron chi connectivity index (χ3n) is 4.81. The van der Waals surface area contributed by atoms with Crippen LogP contribution in [0, 0.1) is 19.8 Å². The van der Waals surface area contributed by atoms with Gasteiger partial charge in [-0.05, 0) is 70.1 Å². The second kappa shape index (κ2) is 7.11. The number of carbonyl (C=O) groups is 1. The Morgan fingerprint density at radius 2 is 2.00 bits per heavy atom. The molecule has 1 aromatic carbocycles. The molecular weight excluding hydrogens is 366 g/mol. The number of aromatic nitrogens is 1. The van der Waals surface area contributed by atoms with E-state index < -0.39 is 0 Å². The molecule has 0 spiro atoms. The van der Waals surface area contributed by atoms with Crippen LogP contribution < -0.4 is 5.32 Å². The number of rotatable bonds is 4. The van der Waals surface area contributed by atoms with Gasteiger partial charge in [0.25, 0.3) is 5.91 Å². The highest BCUT2D eigenvalue weighted by molar-refractivity contribution is 9.10. The molecule has 1 unspecified atom stereocenters. The maximum absolute atomic E-state index is 13.0. The second-order valence-electron chi connectivity index (χ2n) is 6.56. The summed E-state index contributed by atoms with van der Waals surface area (Å²) in [5, 5.41) is 3.21. The zero-order valence-corrected chi connectivity index (χ0v) is 16.1. The zero-order chi connectivity index (χ0) is 17.3. The summed E-state index contributed by atoms with van der Waals surface area (Å²) in [5.74, 6) is 0.721. The van der Waals surface area contributed by atoms with Crippen molar-refractivity contribution in [2.75, 3.05) is 26.7 Å². The van der Waals surface area contributed by atoms with E-state index in [2.05, 4.69) is 44.9 Å². The molecule has 0 aliphatic carbocycles. The summed E-state index contributed by atoms with van der Waals surface area (Å²) in [5.41, 5.74) is 4.00. The monoisotopic (exact) mass is 389 g/mol. The summed E-state index contributed by atoms with van der Waals surface area (Å²) in [6.45, 7) is 6.76. The van der Waals surface area contributed by atoms with Crippen LogP contribution in [-0.4, -0.2) is 42.1 Å². The van der Waals surface area contributed by atoms with Gasteiger partial charge in [0.1, 0.15) is 0 Å². The van der Waals surface area contributed by atoms with Crippen molar-refractivity contribution in [2.45, 2.75) is 20.3 Å². The first-order chi connectivity index (χ1) is 11.5. The smallest absolute Gasteiger partial charge is 0.255 e. The first-order valence-electron chi connectivity index (χ1n) is 8.40. The maximum Gasteiger partial charge on any atom is 0.255 e. The summed E-state index contributed by atoms with van der Waals surface area (Å²) >= 11 is 3.47. The van der Waals surface area contributed by atoms with E-state index >= 15 is 0 Å². The van der Waals surface area contributed by atoms with Gasteiger partial charge in [-0.2, -0.15) is 0 Å². The molecule has 0 saturated carbocycles. The Bertz CT molecular complexity index is 736. The van der Waals surface area contributed by atoms with Gasteiger partial charge in [0, 0.05) is 34.6 Å². The number of nitrogens with zero attached hydrogens (tertiary/aromatic N) is 2. The number of carbonyl (C=O) groups excluding carboxylic acids is 1. The number of hydrogen-bond acceptors (Lipinski definition) is 2.